The van der Waals surface area contributed by atoms with Gasteiger partial charge in [-0.1, -0.05) is 12.1 Å². The molecular weight excluding hydrogens is 368 g/mol. The maximum absolute atomic E-state index is 11.9. The number of rotatable bonds is 9. The molecule has 9 heteroatoms. The van der Waals surface area contributed by atoms with Crippen molar-refractivity contribution in [2.45, 2.75) is 19.9 Å². The lowest BCUT2D eigenvalue weighted by atomic mass is 10.2. The molecule has 1 heterocycles. The molecule has 0 spiro atoms. The predicted molar refractivity (Wildman–Crippen MR) is 104 cm³/mol. The standard InChI is InChI=1S/C18H26N4O4S/c1-4-25-18(23)16-15(19)17(21-27(16)24)20-9-6-10-26-14-8-5-7-13(11-14)12-22(2)3/h5,7-8,11H,4,6,9-10,12,19H2,1-3H3,(H,20,21). The van der Waals surface area contributed by atoms with Gasteiger partial charge in [0, 0.05) is 19.5 Å². The molecule has 27 heavy (non-hydrogen) atoms. The molecule has 2 rings (SSSR count). The summed E-state index contributed by atoms with van der Waals surface area (Å²) in [4.78, 5) is 18.1. The molecule has 0 aliphatic heterocycles. The number of aromatic nitrogens is 1. The van der Waals surface area contributed by atoms with Crippen LogP contribution in [0.1, 0.15) is 28.6 Å². The number of nitrogens with zero attached hydrogens (tertiary/aromatic N) is 2. The van der Waals surface area contributed by atoms with Crippen LogP contribution in [0, 0.1) is 0 Å². The molecule has 0 saturated heterocycles. The minimum absolute atomic E-state index is 0.0732. The number of hydrogen-bond donors (Lipinski definition) is 2. The van der Waals surface area contributed by atoms with E-state index < -0.39 is 16.9 Å². The maximum Gasteiger partial charge on any atom is 0.396 e. The first-order valence-corrected chi connectivity index (χ1v) is 9.84. The summed E-state index contributed by atoms with van der Waals surface area (Å²) in [5.41, 5.74) is 7.37. The van der Waals surface area contributed by atoms with Crippen molar-refractivity contribution in [3.63, 3.8) is 0 Å². The van der Waals surface area contributed by atoms with Gasteiger partial charge in [-0.3, -0.25) is 4.99 Å². The molecule has 0 aliphatic carbocycles. The highest BCUT2D eigenvalue weighted by Crippen LogP contribution is 2.21. The van der Waals surface area contributed by atoms with E-state index in [1.54, 1.807) is 6.92 Å². The molecule has 0 radical (unpaired) electrons. The van der Waals surface area contributed by atoms with Gasteiger partial charge >= 0.3 is 10.8 Å². The van der Waals surface area contributed by atoms with Crippen molar-refractivity contribution in [2.75, 3.05) is 39.6 Å². The average molecular weight is 394 g/mol. The molecule has 1 unspecified atom stereocenters. The summed E-state index contributed by atoms with van der Waals surface area (Å²) in [6.45, 7) is 3.62. The van der Waals surface area contributed by atoms with E-state index in [0.717, 1.165) is 12.3 Å². The van der Waals surface area contributed by atoms with Crippen LogP contribution in [-0.2, 0) is 11.3 Å². The Labute approximate surface area is 161 Å². The number of H-pyrrole nitrogens is 1. The van der Waals surface area contributed by atoms with Gasteiger partial charge in [-0.15, -0.1) is 0 Å². The Hall–Kier alpha value is -2.36. The first-order chi connectivity index (χ1) is 12.9. The highest BCUT2D eigenvalue weighted by Gasteiger charge is 2.25. The van der Waals surface area contributed by atoms with Crippen LogP contribution in [0.5, 0.6) is 5.75 Å². The van der Waals surface area contributed by atoms with E-state index in [1.165, 1.54) is 5.56 Å². The maximum atomic E-state index is 11.9. The van der Waals surface area contributed by atoms with Crippen LogP contribution in [0.3, 0.4) is 0 Å². The highest BCUT2D eigenvalue weighted by molar-refractivity contribution is 7.22. The molecule has 148 valence electrons. The minimum Gasteiger partial charge on any atom is -0.570 e. The number of aromatic amines is 1. The van der Waals surface area contributed by atoms with Gasteiger partial charge < -0.3 is 24.7 Å². The second kappa shape index (κ2) is 10.1. The first-order valence-electron chi connectivity index (χ1n) is 8.69. The van der Waals surface area contributed by atoms with Crippen LogP contribution in [0.25, 0.3) is 0 Å². The number of nitrogens with one attached hydrogen (secondary N) is 1. The van der Waals surface area contributed by atoms with E-state index in [-0.39, 0.29) is 22.7 Å². The number of nitrogens with two attached hydrogens (primary N) is 1. The Morgan fingerprint density at radius 3 is 2.89 bits per heavy atom. The third kappa shape index (κ3) is 6.09. The Morgan fingerprint density at radius 1 is 1.41 bits per heavy atom. The zero-order chi connectivity index (χ0) is 19.8. The normalized spacial score (nSPS) is 12.5. The molecule has 8 nitrogen and oxygen atoms in total. The molecule has 3 N–H and O–H groups in total. The molecule has 0 aliphatic rings. The van der Waals surface area contributed by atoms with Crippen LogP contribution in [0.4, 0.5) is 5.69 Å². The number of anilines is 1. The van der Waals surface area contributed by atoms with Gasteiger partial charge in [-0.05, 0) is 38.7 Å². The monoisotopic (exact) mass is 394 g/mol. The highest BCUT2D eigenvalue weighted by atomic mass is 32.2. The van der Waals surface area contributed by atoms with Crippen molar-refractivity contribution in [1.29, 1.82) is 0 Å². The molecular formula is C18H26N4O4S. The third-order valence-electron chi connectivity index (χ3n) is 3.57. The zero-order valence-electron chi connectivity index (χ0n) is 15.9. The Kier molecular flexibility index (Phi) is 7.83. The lowest BCUT2D eigenvalue weighted by Crippen LogP contribution is -2.13. The molecule has 0 fully saturated rings. The van der Waals surface area contributed by atoms with Gasteiger partial charge in [0.15, 0.2) is 5.49 Å². The van der Waals surface area contributed by atoms with Crippen LogP contribution in [0.2, 0.25) is 0 Å². The van der Waals surface area contributed by atoms with Crippen molar-refractivity contribution < 1.29 is 18.8 Å². The van der Waals surface area contributed by atoms with Gasteiger partial charge in [0.25, 0.3) is 0 Å². The van der Waals surface area contributed by atoms with Crippen molar-refractivity contribution in [2.24, 2.45) is 4.99 Å². The molecule has 0 saturated carbocycles. The number of nitrogen functional groups attached to an aromatic ring is 1. The fraction of sp³-hybridized carbons (Fsp3) is 0.444. The van der Waals surface area contributed by atoms with Crippen molar-refractivity contribution >= 4 is 22.6 Å². The smallest absolute Gasteiger partial charge is 0.396 e. The summed E-state index contributed by atoms with van der Waals surface area (Å²) in [7, 11) is 2.30. The third-order valence-corrected chi connectivity index (χ3v) is 4.71. The predicted octanol–water partition coefficient (Wildman–Crippen LogP) is 1.93. The zero-order valence-corrected chi connectivity index (χ0v) is 16.7. The second-order valence-electron chi connectivity index (χ2n) is 6.15. The fourth-order valence-electron chi connectivity index (χ4n) is 2.45. The number of hydrogen-bond acceptors (Lipinski definition) is 7. The topological polar surface area (TPSA) is 116 Å². The van der Waals surface area contributed by atoms with Crippen LogP contribution in [0.15, 0.2) is 29.3 Å². The summed E-state index contributed by atoms with van der Waals surface area (Å²) in [5, 5.41) is 0. The van der Waals surface area contributed by atoms with E-state index in [4.69, 9.17) is 15.2 Å². The molecule has 1 atom stereocenters. The molecule has 0 amide bonds. The number of benzene rings is 1. The summed E-state index contributed by atoms with van der Waals surface area (Å²) >= 11 is 0. The van der Waals surface area contributed by atoms with Gasteiger partial charge in [-0.25, -0.2) is 4.79 Å². The summed E-state index contributed by atoms with van der Waals surface area (Å²) in [5.74, 6) is 0.123. The second-order valence-corrected chi connectivity index (χ2v) is 7.30. The van der Waals surface area contributed by atoms with E-state index >= 15 is 0 Å². The fourth-order valence-corrected chi connectivity index (χ4v) is 3.40. The van der Waals surface area contributed by atoms with Crippen LogP contribution < -0.4 is 16.0 Å². The van der Waals surface area contributed by atoms with Crippen molar-refractivity contribution in [1.82, 2.24) is 9.27 Å². The Balaban J connectivity index is 1.90. The van der Waals surface area contributed by atoms with Gasteiger partial charge in [0.05, 0.1) is 24.2 Å². The van der Waals surface area contributed by atoms with Gasteiger partial charge in [0.1, 0.15) is 11.4 Å². The quantitative estimate of drug-likeness (QED) is 0.381. The number of carbonyl (C=O) groups is 1. The van der Waals surface area contributed by atoms with Gasteiger partial charge in [0.2, 0.25) is 0 Å². The molecule has 1 aromatic carbocycles. The largest absolute Gasteiger partial charge is 0.570 e. The summed E-state index contributed by atoms with van der Waals surface area (Å²) in [6, 6.07) is 7.95. The molecule has 2 aromatic rings. The van der Waals surface area contributed by atoms with E-state index in [0.29, 0.717) is 19.6 Å². The SMILES string of the molecule is CCOC(=O)c1c(N)c(=NCCCOc2cccc(CN(C)C)c2)[nH][s+]1[O-]. The number of carbonyl (C=O) groups excluding carboxylic acids is 1. The van der Waals surface area contributed by atoms with Gasteiger partial charge in [-0.2, -0.15) is 4.37 Å². The summed E-state index contributed by atoms with van der Waals surface area (Å²) in [6.07, 6.45) is 0.651. The molecule has 0 bridgehead atoms. The number of ether oxygens (including phenoxy) is 2. The number of esters is 1. The van der Waals surface area contributed by atoms with Crippen molar-refractivity contribution in [3.05, 3.63) is 40.2 Å². The first kappa shape index (κ1) is 20.9. The van der Waals surface area contributed by atoms with E-state index in [9.17, 15) is 9.35 Å². The average Bonchev–Trinajstić information content (AvgIpc) is 2.88. The minimum atomic E-state index is -1.73. The molecule has 1 aromatic heterocycles. The van der Waals surface area contributed by atoms with Crippen LogP contribution >= 0.6 is 10.9 Å². The lowest BCUT2D eigenvalue weighted by molar-refractivity contribution is 0.0532. The Morgan fingerprint density at radius 2 is 2.19 bits per heavy atom. The van der Waals surface area contributed by atoms with E-state index in [2.05, 4.69) is 20.3 Å². The lowest BCUT2D eigenvalue weighted by Gasteiger charge is -2.11. The van der Waals surface area contributed by atoms with E-state index in [1.807, 2.05) is 32.3 Å². The summed E-state index contributed by atoms with van der Waals surface area (Å²) < 4.78 is 25.1. The van der Waals surface area contributed by atoms with Crippen LogP contribution in [-0.4, -0.2) is 53.6 Å². The van der Waals surface area contributed by atoms with Crippen molar-refractivity contribution in [3.8, 4) is 5.75 Å². The Bertz CT molecular complexity index is 829.